The third-order valence-electron chi connectivity index (χ3n) is 2.01. The molecule has 0 saturated carbocycles. The van der Waals surface area contributed by atoms with Crippen LogP contribution in [0.15, 0.2) is 11.6 Å². The summed E-state index contributed by atoms with van der Waals surface area (Å²) < 4.78 is 52.8. The average Bonchev–Trinajstić information content (AvgIpc) is 2.27. The van der Waals surface area contributed by atoms with Crippen LogP contribution in [-0.2, 0) is 13.0 Å². The Morgan fingerprint density at radius 1 is 0.938 bits per heavy atom. The smallest absolute Gasteiger partial charge is 0.167 e. The number of aliphatic hydroxyl groups excluding tert-OH is 1. The minimum absolute atomic E-state index is 0.374. The van der Waals surface area contributed by atoms with E-state index in [0.717, 1.165) is 11.6 Å². The Kier molecular flexibility index (Phi) is 4.32. The lowest BCUT2D eigenvalue weighted by atomic mass is 10.1. The molecule has 0 aliphatic heterocycles. The van der Waals surface area contributed by atoms with E-state index in [1.54, 1.807) is 0 Å². The van der Waals surface area contributed by atoms with Crippen LogP contribution in [0, 0.1) is 23.3 Å². The molecule has 1 aromatic rings. The van der Waals surface area contributed by atoms with Crippen LogP contribution in [0.3, 0.4) is 0 Å². The van der Waals surface area contributed by atoms with E-state index in [9.17, 15) is 17.6 Å². The molecule has 0 aliphatic carbocycles. The normalized spacial score (nSPS) is 11.4. The second kappa shape index (κ2) is 5.32. The van der Waals surface area contributed by atoms with Gasteiger partial charge in [0, 0.05) is 11.1 Å². The molecule has 0 saturated heterocycles. The predicted octanol–water partition coefficient (Wildman–Crippen LogP) is 3.03. The number of aliphatic hydroxyl groups is 1. The molecule has 0 heterocycles. The topological polar surface area (TPSA) is 20.2 Å². The molecule has 0 atom stereocenters. The Hall–Kier alpha value is -1.07. The molecule has 1 N–H and O–H groups in total. The third-order valence-corrected chi connectivity index (χ3v) is 2.19. The monoisotopic (exact) mass is 254 g/mol. The number of rotatable bonds is 3. The number of halogens is 5. The molecular formula is C10H7ClF4O. The van der Waals surface area contributed by atoms with Gasteiger partial charge in [0.1, 0.15) is 0 Å². The minimum atomic E-state index is -1.58. The van der Waals surface area contributed by atoms with Crippen molar-refractivity contribution in [2.75, 3.05) is 0 Å². The van der Waals surface area contributed by atoms with E-state index in [-0.39, 0.29) is 6.42 Å². The van der Waals surface area contributed by atoms with Gasteiger partial charge in [-0.15, -0.1) is 0 Å². The summed E-state index contributed by atoms with van der Waals surface area (Å²) in [7, 11) is 0. The highest BCUT2D eigenvalue weighted by molar-refractivity contribution is 6.25. The van der Waals surface area contributed by atoms with Crippen molar-refractivity contribution >= 4 is 11.6 Å². The molecule has 0 aliphatic rings. The summed E-state index contributed by atoms with van der Waals surface area (Å²) in [5, 5.41) is 8.57. The van der Waals surface area contributed by atoms with Gasteiger partial charge in [-0.1, -0.05) is 17.7 Å². The van der Waals surface area contributed by atoms with Crippen molar-refractivity contribution in [1.29, 1.82) is 0 Å². The first-order chi connectivity index (χ1) is 7.54. The summed E-state index contributed by atoms with van der Waals surface area (Å²) in [5.41, 5.74) is -0.799. The second-order valence-corrected chi connectivity index (χ2v) is 3.19. The molecule has 0 amide bonds. The van der Waals surface area contributed by atoms with E-state index in [0.29, 0.717) is 0 Å². The summed E-state index contributed by atoms with van der Waals surface area (Å²) in [4.78, 5) is 0. The fourth-order valence-corrected chi connectivity index (χ4v) is 1.29. The molecule has 0 aromatic heterocycles. The molecule has 0 spiro atoms. The zero-order valence-corrected chi connectivity index (χ0v) is 8.66. The quantitative estimate of drug-likeness (QED) is 0.649. The highest BCUT2D eigenvalue weighted by atomic mass is 35.5. The van der Waals surface area contributed by atoms with Crippen LogP contribution in [0.25, 0.3) is 0 Å². The van der Waals surface area contributed by atoms with E-state index in [4.69, 9.17) is 16.7 Å². The number of hydrogen-bond donors (Lipinski definition) is 1. The van der Waals surface area contributed by atoms with Crippen LogP contribution in [0.4, 0.5) is 17.6 Å². The molecule has 0 unspecified atom stereocenters. The Bertz CT molecular complexity index is 402. The highest BCUT2D eigenvalue weighted by Gasteiger charge is 2.23. The molecule has 16 heavy (non-hydrogen) atoms. The molecule has 88 valence electrons. The van der Waals surface area contributed by atoms with Gasteiger partial charge >= 0.3 is 0 Å². The standard InChI is InChI=1S/C10H7ClF4O/c11-3-1-2-5-7(12)9(14)6(4-16)10(15)8(5)13/h1,3,16H,2,4H2/b3-1+. The maximum atomic E-state index is 13.2. The first-order valence-corrected chi connectivity index (χ1v) is 4.68. The van der Waals surface area contributed by atoms with Crippen molar-refractivity contribution < 1.29 is 22.7 Å². The lowest BCUT2D eigenvalue weighted by Gasteiger charge is -2.08. The molecule has 0 fully saturated rings. The van der Waals surface area contributed by atoms with Gasteiger partial charge in [0.15, 0.2) is 23.3 Å². The van der Waals surface area contributed by atoms with E-state index < -0.39 is 41.0 Å². The first-order valence-electron chi connectivity index (χ1n) is 4.24. The molecule has 1 aromatic carbocycles. The van der Waals surface area contributed by atoms with Crippen molar-refractivity contribution in [1.82, 2.24) is 0 Å². The molecular weight excluding hydrogens is 248 g/mol. The van der Waals surface area contributed by atoms with E-state index in [1.807, 2.05) is 0 Å². The molecule has 1 nitrogen and oxygen atoms in total. The van der Waals surface area contributed by atoms with Crippen LogP contribution in [0.5, 0.6) is 0 Å². The Morgan fingerprint density at radius 3 is 1.75 bits per heavy atom. The maximum absolute atomic E-state index is 13.2. The van der Waals surface area contributed by atoms with E-state index in [1.165, 1.54) is 0 Å². The summed E-state index contributed by atoms with van der Waals surface area (Å²) in [6.45, 7) is -1.11. The van der Waals surface area contributed by atoms with E-state index in [2.05, 4.69) is 0 Å². The fourth-order valence-electron chi connectivity index (χ4n) is 1.20. The third kappa shape index (κ3) is 2.20. The average molecular weight is 255 g/mol. The van der Waals surface area contributed by atoms with Gasteiger partial charge in [0.2, 0.25) is 0 Å². The van der Waals surface area contributed by atoms with Crippen molar-refractivity contribution in [3.63, 3.8) is 0 Å². The van der Waals surface area contributed by atoms with Gasteiger partial charge in [0.05, 0.1) is 12.2 Å². The van der Waals surface area contributed by atoms with Crippen molar-refractivity contribution in [3.05, 3.63) is 46.0 Å². The summed E-state index contributed by atoms with van der Waals surface area (Å²) in [6.07, 6.45) is 0.765. The summed E-state index contributed by atoms with van der Waals surface area (Å²) in [5.74, 6) is -6.20. The lowest BCUT2D eigenvalue weighted by Crippen LogP contribution is -2.08. The summed E-state index contributed by atoms with van der Waals surface area (Å²) in [6, 6.07) is 0. The van der Waals surface area contributed by atoms with Crippen molar-refractivity contribution in [2.45, 2.75) is 13.0 Å². The van der Waals surface area contributed by atoms with Gasteiger partial charge in [-0.3, -0.25) is 0 Å². The zero-order valence-electron chi connectivity index (χ0n) is 7.91. The van der Waals surface area contributed by atoms with Crippen molar-refractivity contribution in [2.24, 2.45) is 0 Å². The fraction of sp³-hybridized carbons (Fsp3) is 0.200. The van der Waals surface area contributed by atoms with Crippen LogP contribution in [-0.4, -0.2) is 5.11 Å². The number of benzene rings is 1. The van der Waals surface area contributed by atoms with E-state index >= 15 is 0 Å². The molecule has 1 rings (SSSR count). The maximum Gasteiger partial charge on any atom is 0.167 e. The van der Waals surface area contributed by atoms with Gasteiger partial charge in [0.25, 0.3) is 0 Å². The number of allylic oxidation sites excluding steroid dienone is 1. The van der Waals surface area contributed by atoms with Gasteiger partial charge < -0.3 is 5.11 Å². The van der Waals surface area contributed by atoms with Crippen LogP contribution in [0.2, 0.25) is 0 Å². The van der Waals surface area contributed by atoms with Crippen LogP contribution >= 0.6 is 11.6 Å². The van der Waals surface area contributed by atoms with Crippen LogP contribution < -0.4 is 0 Å². The van der Waals surface area contributed by atoms with Crippen molar-refractivity contribution in [3.8, 4) is 0 Å². The minimum Gasteiger partial charge on any atom is -0.391 e. The Balaban J connectivity index is 3.40. The zero-order chi connectivity index (χ0) is 12.3. The SMILES string of the molecule is OCc1c(F)c(F)c(C/C=C/Cl)c(F)c1F. The lowest BCUT2D eigenvalue weighted by molar-refractivity contribution is 0.262. The number of hydrogen-bond acceptors (Lipinski definition) is 1. The Labute approximate surface area is 94.0 Å². The second-order valence-electron chi connectivity index (χ2n) is 2.94. The molecule has 6 heteroatoms. The largest absolute Gasteiger partial charge is 0.391 e. The molecule has 0 bridgehead atoms. The Morgan fingerprint density at radius 2 is 1.38 bits per heavy atom. The van der Waals surface area contributed by atoms with Gasteiger partial charge in [-0.25, -0.2) is 17.6 Å². The van der Waals surface area contributed by atoms with Crippen LogP contribution in [0.1, 0.15) is 11.1 Å². The van der Waals surface area contributed by atoms with Gasteiger partial charge in [-0.05, 0) is 6.42 Å². The molecule has 0 radical (unpaired) electrons. The first kappa shape index (κ1) is 13.0. The summed E-state index contributed by atoms with van der Waals surface area (Å²) >= 11 is 5.14. The predicted molar refractivity (Wildman–Crippen MR) is 50.9 cm³/mol. The highest BCUT2D eigenvalue weighted by Crippen LogP contribution is 2.24. The van der Waals surface area contributed by atoms with Gasteiger partial charge in [-0.2, -0.15) is 0 Å².